The Morgan fingerprint density at radius 1 is 1.33 bits per heavy atom. The van der Waals surface area contributed by atoms with Crippen molar-refractivity contribution in [2.24, 2.45) is 0 Å². The van der Waals surface area contributed by atoms with Crippen LogP contribution < -0.4 is 0 Å². The van der Waals surface area contributed by atoms with E-state index in [1.54, 1.807) is 6.20 Å². The summed E-state index contributed by atoms with van der Waals surface area (Å²) >= 11 is 0. The summed E-state index contributed by atoms with van der Waals surface area (Å²) in [5, 5.41) is 28.5. The van der Waals surface area contributed by atoms with Gasteiger partial charge in [-0.25, -0.2) is 15.0 Å². The van der Waals surface area contributed by atoms with Gasteiger partial charge in [-0.05, 0) is 0 Å². The molecule has 2 aromatic rings. The minimum absolute atomic E-state index is 0.355. The highest BCUT2D eigenvalue weighted by molar-refractivity contribution is 5.68. The lowest BCUT2D eigenvalue weighted by Crippen LogP contribution is -2.32. The van der Waals surface area contributed by atoms with E-state index in [1.165, 1.54) is 6.33 Å². The summed E-state index contributed by atoms with van der Waals surface area (Å²) in [6.45, 7) is -0.366. The zero-order valence-corrected chi connectivity index (χ0v) is 9.26. The zero-order valence-electron chi connectivity index (χ0n) is 9.26. The lowest BCUT2D eigenvalue weighted by atomic mass is 10.1. The molecular weight excluding hydrogens is 240 g/mol. The van der Waals surface area contributed by atoms with Crippen LogP contribution in [0.5, 0.6) is 0 Å². The van der Waals surface area contributed by atoms with Crippen molar-refractivity contribution in [1.29, 1.82) is 0 Å². The Morgan fingerprint density at radius 2 is 2.17 bits per heavy atom. The van der Waals surface area contributed by atoms with E-state index >= 15 is 0 Å². The summed E-state index contributed by atoms with van der Waals surface area (Å²) < 4.78 is 5.36. The Labute approximate surface area is 101 Å². The number of hydrogen-bond donors (Lipinski definition) is 4. The number of rotatable bonds is 2. The van der Waals surface area contributed by atoms with E-state index in [0.717, 1.165) is 0 Å². The fraction of sp³-hybridized carbons (Fsp3) is 0.500. The van der Waals surface area contributed by atoms with Crippen molar-refractivity contribution in [3.63, 3.8) is 0 Å². The van der Waals surface area contributed by atoms with E-state index in [9.17, 15) is 10.2 Å². The van der Waals surface area contributed by atoms with Gasteiger partial charge in [-0.2, -0.15) is 0 Å². The van der Waals surface area contributed by atoms with E-state index in [0.29, 0.717) is 17.0 Å². The minimum Gasteiger partial charge on any atom is -0.394 e. The molecule has 18 heavy (non-hydrogen) atoms. The van der Waals surface area contributed by atoms with Crippen molar-refractivity contribution < 1.29 is 20.1 Å². The molecule has 0 bridgehead atoms. The predicted octanol–water partition coefficient (Wildman–Crippen LogP) is -1.49. The van der Waals surface area contributed by atoms with Crippen LogP contribution >= 0.6 is 0 Å². The molecule has 3 heterocycles. The van der Waals surface area contributed by atoms with Gasteiger partial charge in [0.2, 0.25) is 0 Å². The molecule has 0 saturated carbocycles. The van der Waals surface area contributed by atoms with Gasteiger partial charge in [-0.3, -0.25) is 0 Å². The van der Waals surface area contributed by atoms with E-state index in [-0.39, 0.29) is 6.61 Å². The molecule has 8 nitrogen and oxygen atoms in total. The lowest BCUT2D eigenvalue weighted by molar-refractivity contribution is -0.0249. The fourth-order valence-electron chi connectivity index (χ4n) is 2.04. The van der Waals surface area contributed by atoms with Gasteiger partial charge in [0.25, 0.3) is 0 Å². The fourth-order valence-corrected chi connectivity index (χ4v) is 2.04. The molecule has 96 valence electrons. The van der Waals surface area contributed by atoms with Crippen molar-refractivity contribution in [1.82, 2.24) is 19.9 Å². The number of fused-ring (bicyclic) bond motifs is 1. The number of aliphatic hydroxyl groups is 3. The topological polar surface area (TPSA) is 124 Å². The largest absolute Gasteiger partial charge is 0.394 e. The highest BCUT2D eigenvalue weighted by atomic mass is 16.6. The number of aromatic amines is 1. The molecule has 8 heteroatoms. The molecule has 1 aliphatic rings. The second kappa shape index (κ2) is 4.25. The molecule has 0 spiro atoms. The molecule has 4 N–H and O–H groups in total. The maximum Gasteiger partial charge on any atom is 0.180 e. The Balaban J connectivity index is 1.95. The number of hydrogen-bond acceptors (Lipinski definition) is 7. The molecule has 0 unspecified atom stereocenters. The number of nitrogens with zero attached hydrogens (tertiary/aromatic N) is 3. The Morgan fingerprint density at radius 3 is 2.83 bits per heavy atom. The Hall–Kier alpha value is -1.61. The highest BCUT2D eigenvalue weighted by Gasteiger charge is 2.44. The molecule has 0 aromatic carbocycles. The number of aromatic nitrogens is 4. The third kappa shape index (κ3) is 1.66. The number of nitrogens with one attached hydrogen (secondary N) is 1. The molecule has 0 aliphatic carbocycles. The SMILES string of the molecule is OC[C@H]1O[C@@H](c2nc3ncncc3[nH]2)[C@H](O)[C@@H]1O. The van der Waals surface area contributed by atoms with Crippen LogP contribution in [0.25, 0.3) is 11.2 Å². The summed E-state index contributed by atoms with van der Waals surface area (Å²) in [4.78, 5) is 14.9. The molecule has 0 amide bonds. The van der Waals surface area contributed by atoms with Crippen LogP contribution in [0.2, 0.25) is 0 Å². The molecule has 0 radical (unpaired) electrons. The molecule has 1 aliphatic heterocycles. The third-order valence-electron chi connectivity index (χ3n) is 2.99. The number of imidazole rings is 1. The maximum absolute atomic E-state index is 9.86. The molecule has 3 rings (SSSR count). The summed E-state index contributed by atoms with van der Waals surface area (Å²) in [7, 11) is 0. The van der Waals surface area contributed by atoms with Gasteiger partial charge in [0.15, 0.2) is 5.65 Å². The van der Waals surface area contributed by atoms with Crippen LogP contribution in [0.1, 0.15) is 11.9 Å². The maximum atomic E-state index is 9.86. The van der Waals surface area contributed by atoms with Crippen molar-refractivity contribution in [2.45, 2.75) is 24.4 Å². The van der Waals surface area contributed by atoms with Gasteiger partial charge in [0.05, 0.1) is 12.8 Å². The van der Waals surface area contributed by atoms with Crippen LogP contribution in [-0.4, -0.2) is 60.2 Å². The van der Waals surface area contributed by atoms with Crippen LogP contribution in [0.4, 0.5) is 0 Å². The molecule has 4 atom stereocenters. The third-order valence-corrected chi connectivity index (χ3v) is 2.99. The Bertz CT molecular complexity index is 527. The normalized spacial score (nSPS) is 32.2. The highest BCUT2D eigenvalue weighted by Crippen LogP contribution is 2.32. The van der Waals surface area contributed by atoms with E-state index in [2.05, 4.69) is 19.9 Å². The first-order valence-corrected chi connectivity index (χ1v) is 5.49. The number of aliphatic hydroxyl groups excluding tert-OH is 3. The van der Waals surface area contributed by atoms with Gasteiger partial charge in [-0.1, -0.05) is 0 Å². The first-order chi connectivity index (χ1) is 8.70. The summed E-state index contributed by atoms with van der Waals surface area (Å²) in [5.74, 6) is 0.355. The smallest absolute Gasteiger partial charge is 0.180 e. The van der Waals surface area contributed by atoms with Crippen LogP contribution in [0.15, 0.2) is 12.5 Å². The number of H-pyrrole nitrogens is 1. The summed E-state index contributed by atoms with van der Waals surface area (Å²) in [6, 6.07) is 0. The summed E-state index contributed by atoms with van der Waals surface area (Å²) in [5.41, 5.74) is 1.07. The van der Waals surface area contributed by atoms with E-state index < -0.39 is 24.4 Å². The number of ether oxygens (including phenoxy) is 1. The average molecular weight is 252 g/mol. The average Bonchev–Trinajstić information content (AvgIpc) is 2.92. The minimum atomic E-state index is -1.14. The Kier molecular flexibility index (Phi) is 2.71. The van der Waals surface area contributed by atoms with Crippen molar-refractivity contribution >= 4 is 11.2 Å². The first-order valence-electron chi connectivity index (χ1n) is 5.49. The van der Waals surface area contributed by atoms with Crippen LogP contribution in [0.3, 0.4) is 0 Å². The monoisotopic (exact) mass is 252 g/mol. The van der Waals surface area contributed by atoms with Crippen LogP contribution in [-0.2, 0) is 4.74 Å². The van der Waals surface area contributed by atoms with Gasteiger partial charge in [0, 0.05) is 0 Å². The molecule has 1 saturated heterocycles. The molecule has 1 fully saturated rings. The van der Waals surface area contributed by atoms with Gasteiger partial charge in [-0.15, -0.1) is 0 Å². The van der Waals surface area contributed by atoms with E-state index in [4.69, 9.17) is 9.84 Å². The standard InChI is InChI=1S/C10H12N4O4/c15-2-5-6(16)7(17)8(18-5)10-13-4-1-11-3-12-9(4)14-10/h1,3,5-8,15-17H,2H2,(H,11,12,13,14)/t5-,6-,7-,8-/m1/s1. The van der Waals surface area contributed by atoms with E-state index in [1.807, 2.05) is 0 Å². The van der Waals surface area contributed by atoms with Gasteiger partial charge in [0.1, 0.15) is 42.1 Å². The summed E-state index contributed by atoms with van der Waals surface area (Å²) in [6.07, 6.45) is -0.990. The predicted molar refractivity (Wildman–Crippen MR) is 58.4 cm³/mol. The van der Waals surface area contributed by atoms with Crippen molar-refractivity contribution in [3.8, 4) is 0 Å². The second-order valence-electron chi connectivity index (χ2n) is 4.14. The van der Waals surface area contributed by atoms with Crippen molar-refractivity contribution in [3.05, 3.63) is 18.3 Å². The second-order valence-corrected chi connectivity index (χ2v) is 4.14. The molecule has 2 aromatic heterocycles. The van der Waals surface area contributed by atoms with Crippen LogP contribution in [0, 0.1) is 0 Å². The lowest BCUT2D eigenvalue weighted by Gasteiger charge is -2.11. The van der Waals surface area contributed by atoms with Crippen molar-refractivity contribution in [2.75, 3.05) is 6.61 Å². The molecular formula is C10H12N4O4. The van der Waals surface area contributed by atoms with Gasteiger partial charge >= 0.3 is 0 Å². The zero-order chi connectivity index (χ0) is 12.7. The first kappa shape index (κ1) is 11.5. The quantitative estimate of drug-likeness (QED) is 0.513. The van der Waals surface area contributed by atoms with Gasteiger partial charge < -0.3 is 25.0 Å².